The van der Waals surface area contributed by atoms with E-state index in [0.29, 0.717) is 11.3 Å². The second kappa shape index (κ2) is 20.3. The number of allylic oxidation sites excluding steroid dienone is 4. The molecule has 0 fully saturated rings. The van der Waals surface area contributed by atoms with Crippen molar-refractivity contribution in [1.82, 2.24) is 0 Å². The third-order valence-corrected chi connectivity index (χ3v) is 12.3. The van der Waals surface area contributed by atoms with E-state index >= 15 is 0 Å². The quantitative estimate of drug-likeness (QED) is 0.158. The van der Waals surface area contributed by atoms with Crippen molar-refractivity contribution in [3.8, 4) is 11.1 Å². The van der Waals surface area contributed by atoms with E-state index in [1.165, 1.54) is 62.1 Å². The van der Waals surface area contributed by atoms with Gasteiger partial charge in [-0.1, -0.05) is 124 Å². The van der Waals surface area contributed by atoms with Crippen molar-refractivity contribution in [3.63, 3.8) is 0 Å². The van der Waals surface area contributed by atoms with Crippen LogP contribution in [0.15, 0.2) is 96.1 Å². The van der Waals surface area contributed by atoms with Gasteiger partial charge < -0.3 is 0 Å². The summed E-state index contributed by atoms with van der Waals surface area (Å²) >= 11 is 11.0. The molecule has 2 aliphatic carbocycles. The van der Waals surface area contributed by atoms with Gasteiger partial charge in [-0.05, 0) is 28.4 Å². The van der Waals surface area contributed by atoms with Gasteiger partial charge >= 0.3 is 123 Å². The number of benzene rings is 4. The minimum atomic E-state index is -0.623. The number of halogens is 4. The third-order valence-electron chi connectivity index (χ3n) is 9.36. The van der Waals surface area contributed by atoms with Crippen LogP contribution in [0.25, 0.3) is 11.1 Å². The predicted octanol–water partition coefficient (Wildman–Crippen LogP) is 14.7. The molecule has 2 aliphatic rings. The number of rotatable bonds is 4. The Balaban J connectivity index is 0.000000278. The molecule has 0 heterocycles. The Morgan fingerprint density at radius 3 is 1.64 bits per heavy atom. The summed E-state index contributed by atoms with van der Waals surface area (Å²) in [7, 11) is 0. The molecule has 6 rings (SSSR count). The van der Waals surface area contributed by atoms with Gasteiger partial charge in [0.25, 0.3) is 0 Å². The fourth-order valence-corrected chi connectivity index (χ4v) is 8.59. The van der Waals surface area contributed by atoms with Crippen molar-refractivity contribution in [2.45, 2.75) is 106 Å². The van der Waals surface area contributed by atoms with Gasteiger partial charge in [-0.15, -0.1) is 35.9 Å². The maximum absolute atomic E-state index is 5.84. The molecule has 53 heavy (non-hydrogen) atoms. The predicted molar refractivity (Wildman–Crippen MR) is 237 cm³/mol. The van der Waals surface area contributed by atoms with E-state index in [2.05, 4.69) is 156 Å². The van der Waals surface area contributed by atoms with E-state index < -0.39 is 22.3 Å². The second-order valence-corrected chi connectivity index (χ2v) is 19.8. The molecule has 0 saturated carbocycles. The fourth-order valence-electron chi connectivity index (χ4n) is 6.24. The summed E-state index contributed by atoms with van der Waals surface area (Å²) < 4.78 is 4.66. The zero-order chi connectivity index (χ0) is 37.6. The van der Waals surface area contributed by atoms with Crippen molar-refractivity contribution in [2.24, 2.45) is 11.3 Å². The normalized spacial score (nSPS) is 14.2. The minimum absolute atomic E-state index is 0. The summed E-state index contributed by atoms with van der Waals surface area (Å²) in [6, 6.07) is 31.1. The molecule has 0 bridgehead atoms. The van der Waals surface area contributed by atoms with Crippen LogP contribution >= 0.6 is 48.0 Å². The summed E-state index contributed by atoms with van der Waals surface area (Å²) in [5.41, 5.74) is 14.5. The van der Waals surface area contributed by atoms with Gasteiger partial charge in [0.15, 0.2) is 0 Å². The molecule has 284 valence electrons. The van der Waals surface area contributed by atoms with Gasteiger partial charge in [0.05, 0.1) is 0 Å². The van der Waals surface area contributed by atoms with Gasteiger partial charge in [0.1, 0.15) is 0 Å². The summed E-state index contributed by atoms with van der Waals surface area (Å²) in [6.45, 7) is 24.9. The first-order valence-electron chi connectivity index (χ1n) is 18.4. The Kier molecular flexibility index (Phi) is 18.2. The van der Waals surface area contributed by atoms with Crippen LogP contribution in [0.2, 0.25) is 10.0 Å². The van der Waals surface area contributed by atoms with E-state index in [1.54, 1.807) is 0 Å². The van der Waals surface area contributed by atoms with Crippen LogP contribution in [-0.4, -0.2) is 7.42 Å². The SMILES string of the molecule is CC(C)(C)c1[c-]c2c(cc1)-c1ccc(C(C)(C)C)cc1C2.CCC1=[C-]C(CC)C=C1C(C)(C)C.Cl.Cl.Clc1ccc([CH]=[Zr]=[CH]c2ccc(Cl)cc2)cc1. The van der Waals surface area contributed by atoms with Crippen LogP contribution in [-0.2, 0) is 39.5 Å². The average molecular weight is 868 g/mol. The second-order valence-electron chi connectivity index (χ2n) is 16.7. The van der Waals surface area contributed by atoms with E-state index in [9.17, 15) is 0 Å². The monoisotopic (exact) mass is 864 g/mol. The zero-order valence-electron chi connectivity index (χ0n) is 33.5. The first kappa shape index (κ1) is 47.3. The van der Waals surface area contributed by atoms with Crippen LogP contribution in [0.4, 0.5) is 0 Å². The topological polar surface area (TPSA) is 0 Å². The van der Waals surface area contributed by atoms with Crippen molar-refractivity contribution < 1.29 is 22.3 Å². The molecule has 1 unspecified atom stereocenters. The van der Waals surface area contributed by atoms with Crippen LogP contribution < -0.4 is 0 Å². The molecule has 5 heteroatoms. The molecule has 1 atom stereocenters. The van der Waals surface area contributed by atoms with Crippen LogP contribution in [0, 0.1) is 23.5 Å². The molecule has 4 aromatic rings. The standard InChI is InChI=1S/C21H25.C13H21.2C7H5Cl.2ClH.Zr/c1-20(2,3)16-7-9-18-14(12-16)11-15-13-17(21(4,5)6)8-10-19(15)18;1-6-10-8-11(7-2)12(9-10)13(3,4)5;2*1-6-2-4-7(8)5-3-6;;;/h7-10,12H,11H2,1-6H3;9-10H,6-7H2,1-5H3;2*1-5H;2*1H;/q2*-1;;;;;. The van der Waals surface area contributed by atoms with Crippen LogP contribution in [0.1, 0.15) is 122 Å². The maximum atomic E-state index is 5.84. The molecule has 0 aliphatic heterocycles. The molecule has 0 saturated heterocycles. The Hall–Kier alpha value is -1.86. The van der Waals surface area contributed by atoms with Crippen molar-refractivity contribution in [1.29, 1.82) is 0 Å². The molecule has 0 spiro atoms. The average Bonchev–Trinajstić information content (AvgIpc) is 3.67. The van der Waals surface area contributed by atoms with Gasteiger partial charge in [-0.25, -0.2) is 5.57 Å². The van der Waals surface area contributed by atoms with E-state index in [-0.39, 0.29) is 35.6 Å². The van der Waals surface area contributed by atoms with Gasteiger partial charge in [-0.3, -0.25) is 6.08 Å². The van der Waals surface area contributed by atoms with Crippen molar-refractivity contribution >= 4 is 55.4 Å². The molecular formula is C48H58Cl4Zr-2. The first-order chi connectivity index (χ1) is 23.9. The molecule has 0 N–H and O–H groups in total. The molecular weight excluding hydrogens is 810 g/mol. The van der Waals surface area contributed by atoms with E-state index in [0.717, 1.165) is 22.9 Å². The first-order valence-corrected chi connectivity index (χ1v) is 22.0. The summed E-state index contributed by atoms with van der Waals surface area (Å²) in [5, 5.41) is 1.57. The van der Waals surface area contributed by atoms with Gasteiger partial charge in [0.2, 0.25) is 0 Å². The Morgan fingerprint density at radius 2 is 1.21 bits per heavy atom. The van der Waals surface area contributed by atoms with Crippen LogP contribution in [0.3, 0.4) is 0 Å². The molecule has 0 aromatic heterocycles. The zero-order valence-corrected chi connectivity index (χ0v) is 39.1. The Morgan fingerprint density at radius 1 is 0.679 bits per heavy atom. The number of hydrogen-bond donors (Lipinski definition) is 0. The Bertz CT molecular complexity index is 1810. The van der Waals surface area contributed by atoms with Crippen molar-refractivity contribution in [2.75, 3.05) is 0 Å². The third kappa shape index (κ3) is 13.7. The summed E-state index contributed by atoms with van der Waals surface area (Å²) in [6.07, 6.45) is 9.31. The van der Waals surface area contributed by atoms with Gasteiger partial charge in [-0.2, -0.15) is 35.4 Å². The molecule has 0 amide bonds. The van der Waals surface area contributed by atoms with Crippen molar-refractivity contribution in [3.05, 3.63) is 152 Å². The fraction of sp³-hybridized carbons (Fsp3) is 0.375. The van der Waals surface area contributed by atoms with Gasteiger partial charge in [0, 0.05) is 0 Å². The summed E-state index contributed by atoms with van der Waals surface area (Å²) in [5.74, 6) is 0.573. The molecule has 0 nitrogen and oxygen atoms in total. The van der Waals surface area contributed by atoms with Crippen LogP contribution in [0.5, 0.6) is 0 Å². The number of fused-ring (bicyclic) bond motifs is 3. The molecule has 0 radical (unpaired) electrons. The summed E-state index contributed by atoms with van der Waals surface area (Å²) in [4.78, 5) is 0. The molecule has 4 aromatic carbocycles. The Labute approximate surface area is 355 Å². The van der Waals surface area contributed by atoms with E-state index in [4.69, 9.17) is 23.2 Å². The van der Waals surface area contributed by atoms with E-state index in [1.807, 2.05) is 24.3 Å². The number of hydrogen-bond acceptors (Lipinski definition) is 0.